The van der Waals surface area contributed by atoms with E-state index in [4.69, 9.17) is 20.6 Å². The molecule has 4 N–H and O–H groups in total. The predicted molar refractivity (Wildman–Crippen MR) is 109 cm³/mol. The third kappa shape index (κ3) is 4.88. The first-order chi connectivity index (χ1) is 13.6. The standard InChI is InChI=1S/C21H26N4O3/c1-27-19(16-6-8-18(9-7-16)25-10-12-28-13-11-25)21(26)24-14-15-2-4-17(5-3-15)20(22)23/h2-9,19H,10-14H2,1H3,(H3,22,23)(H,24,26). The average Bonchev–Trinajstić information content (AvgIpc) is 2.74. The lowest BCUT2D eigenvalue weighted by Gasteiger charge is -2.29. The molecule has 2 aromatic rings. The zero-order valence-corrected chi connectivity index (χ0v) is 16.0. The number of amides is 1. The summed E-state index contributed by atoms with van der Waals surface area (Å²) in [6.45, 7) is 3.59. The number of ether oxygens (including phenoxy) is 2. The van der Waals surface area contributed by atoms with Crippen molar-refractivity contribution in [3.63, 3.8) is 0 Å². The number of nitrogens with two attached hydrogens (primary N) is 1. The number of morpholine rings is 1. The number of nitrogens with one attached hydrogen (secondary N) is 2. The van der Waals surface area contributed by atoms with Crippen LogP contribution in [0.25, 0.3) is 0 Å². The molecule has 0 spiro atoms. The van der Waals surface area contributed by atoms with Gasteiger partial charge in [-0.25, -0.2) is 0 Å². The van der Waals surface area contributed by atoms with Crippen molar-refractivity contribution < 1.29 is 14.3 Å². The quantitative estimate of drug-likeness (QED) is 0.501. The molecule has 1 atom stereocenters. The number of hydrogen-bond acceptors (Lipinski definition) is 5. The molecule has 28 heavy (non-hydrogen) atoms. The van der Waals surface area contributed by atoms with Crippen LogP contribution in [0.15, 0.2) is 48.5 Å². The minimum Gasteiger partial charge on any atom is -0.384 e. The van der Waals surface area contributed by atoms with E-state index in [1.807, 2.05) is 36.4 Å². The van der Waals surface area contributed by atoms with Crippen LogP contribution in [0.3, 0.4) is 0 Å². The number of hydrogen-bond donors (Lipinski definition) is 3. The molecular formula is C21H26N4O3. The number of methoxy groups -OCH3 is 1. The van der Waals surface area contributed by atoms with E-state index in [0.717, 1.165) is 43.1 Å². The Morgan fingerprint density at radius 2 is 1.82 bits per heavy atom. The van der Waals surface area contributed by atoms with E-state index in [9.17, 15) is 4.79 Å². The fraction of sp³-hybridized carbons (Fsp3) is 0.333. The second-order valence-electron chi connectivity index (χ2n) is 6.64. The van der Waals surface area contributed by atoms with E-state index in [1.165, 1.54) is 7.11 Å². The summed E-state index contributed by atoms with van der Waals surface area (Å²) >= 11 is 0. The molecular weight excluding hydrogens is 356 g/mol. The molecule has 1 saturated heterocycles. The summed E-state index contributed by atoms with van der Waals surface area (Å²) in [5, 5.41) is 10.3. The summed E-state index contributed by atoms with van der Waals surface area (Å²) in [5.74, 6) is -0.173. The number of carbonyl (C=O) groups is 1. The number of nitrogen functional groups attached to an aromatic ring is 1. The van der Waals surface area contributed by atoms with E-state index in [2.05, 4.69) is 10.2 Å². The molecule has 7 nitrogen and oxygen atoms in total. The largest absolute Gasteiger partial charge is 0.384 e. The monoisotopic (exact) mass is 382 g/mol. The highest BCUT2D eigenvalue weighted by molar-refractivity contribution is 5.94. The fourth-order valence-corrected chi connectivity index (χ4v) is 3.16. The molecule has 0 aromatic heterocycles. The van der Waals surface area contributed by atoms with Gasteiger partial charge in [-0.1, -0.05) is 36.4 Å². The van der Waals surface area contributed by atoms with Gasteiger partial charge in [-0.15, -0.1) is 0 Å². The molecule has 2 aromatic carbocycles. The fourth-order valence-electron chi connectivity index (χ4n) is 3.16. The van der Waals surface area contributed by atoms with Crippen molar-refractivity contribution in [2.75, 3.05) is 38.3 Å². The van der Waals surface area contributed by atoms with Gasteiger partial charge in [0.15, 0.2) is 6.10 Å². The number of nitrogens with zero attached hydrogens (tertiary/aromatic N) is 1. The summed E-state index contributed by atoms with van der Waals surface area (Å²) < 4.78 is 10.8. The van der Waals surface area contributed by atoms with Gasteiger partial charge in [-0.3, -0.25) is 10.2 Å². The summed E-state index contributed by atoms with van der Waals surface area (Å²) in [7, 11) is 1.53. The minimum atomic E-state index is -0.671. The molecule has 0 saturated carbocycles. The van der Waals surface area contributed by atoms with Gasteiger partial charge in [0.2, 0.25) is 0 Å². The summed E-state index contributed by atoms with van der Waals surface area (Å²) in [5.41, 5.74) is 8.97. The van der Waals surface area contributed by atoms with Gasteiger partial charge in [0.05, 0.1) is 13.2 Å². The Morgan fingerprint density at radius 1 is 1.18 bits per heavy atom. The van der Waals surface area contributed by atoms with Gasteiger partial charge in [-0.05, 0) is 23.3 Å². The minimum absolute atomic E-state index is 0.0237. The Balaban J connectivity index is 1.60. The van der Waals surface area contributed by atoms with Crippen LogP contribution in [-0.4, -0.2) is 45.2 Å². The van der Waals surface area contributed by atoms with Gasteiger partial charge in [0.25, 0.3) is 5.91 Å². The van der Waals surface area contributed by atoms with E-state index in [-0.39, 0.29) is 11.7 Å². The number of benzene rings is 2. The maximum Gasteiger partial charge on any atom is 0.254 e. The third-order valence-corrected chi connectivity index (χ3v) is 4.78. The van der Waals surface area contributed by atoms with Crippen molar-refractivity contribution in [1.82, 2.24) is 5.32 Å². The van der Waals surface area contributed by atoms with Crippen molar-refractivity contribution in [2.45, 2.75) is 12.6 Å². The van der Waals surface area contributed by atoms with Crippen LogP contribution in [0.4, 0.5) is 5.69 Å². The number of anilines is 1. The highest BCUT2D eigenvalue weighted by Gasteiger charge is 2.20. The Bertz CT molecular complexity index is 799. The van der Waals surface area contributed by atoms with Crippen molar-refractivity contribution in [1.29, 1.82) is 5.41 Å². The zero-order chi connectivity index (χ0) is 19.9. The second kappa shape index (κ2) is 9.34. The maximum absolute atomic E-state index is 12.6. The Hall–Kier alpha value is -2.90. The van der Waals surface area contributed by atoms with Crippen molar-refractivity contribution in [3.8, 4) is 0 Å². The Kier molecular flexibility index (Phi) is 6.62. The van der Waals surface area contributed by atoms with Crippen LogP contribution < -0.4 is 16.0 Å². The van der Waals surface area contributed by atoms with E-state index in [0.29, 0.717) is 12.1 Å². The van der Waals surface area contributed by atoms with Crippen molar-refractivity contribution >= 4 is 17.4 Å². The first-order valence-electron chi connectivity index (χ1n) is 9.25. The molecule has 1 unspecified atom stereocenters. The first-order valence-corrected chi connectivity index (χ1v) is 9.25. The molecule has 7 heteroatoms. The number of carbonyl (C=O) groups excluding carboxylic acids is 1. The van der Waals surface area contributed by atoms with Crippen LogP contribution >= 0.6 is 0 Å². The lowest BCUT2D eigenvalue weighted by molar-refractivity contribution is -0.131. The highest BCUT2D eigenvalue weighted by Crippen LogP contribution is 2.22. The molecule has 148 valence electrons. The zero-order valence-electron chi connectivity index (χ0n) is 16.0. The summed E-state index contributed by atoms with van der Waals surface area (Å²) in [6.07, 6.45) is -0.671. The molecule has 0 bridgehead atoms. The summed E-state index contributed by atoms with van der Waals surface area (Å²) in [6, 6.07) is 15.1. The first kappa shape index (κ1) is 19.9. The average molecular weight is 382 g/mol. The van der Waals surface area contributed by atoms with Crippen LogP contribution in [0, 0.1) is 5.41 Å². The van der Waals surface area contributed by atoms with Crippen LogP contribution in [0.5, 0.6) is 0 Å². The maximum atomic E-state index is 12.6. The second-order valence-corrected chi connectivity index (χ2v) is 6.64. The molecule has 1 heterocycles. The van der Waals surface area contributed by atoms with E-state index in [1.54, 1.807) is 12.1 Å². The van der Waals surface area contributed by atoms with Crippen LogP contribution in [0.2, 0.25) is 0 Å². The summed E-state index contributed by atoms with van der Waals surface area (Å²) in [4.78, 5) is 14.9. The SMILES string of the molecule is COC(C(=O)NCc1ccc(C(=N)N)cc1)c1ccc(N2CCOCC2)cc1. The molecule has 1 aliphatic heterocycles. The van der Waals surface area contributed by atoms with Gasteiger partial charge < -0.3 is 25.4 Å². The normalized spacial score (nSPS) is 15.1. The van der Waals surface area contributed by atoms with Gasteiger partial charge in [0.1, 0.15) is 5.84 Å². The lowest BCUT2D eigenvalue weighted by Crippen LogP contribution is -2.36. The van der Waals surface area contributed by atoms with Crippen molar-refractivity contribution in [3.05, 3.63) is 65.2 Å². The molecule has 1 fully saturated rings. The van der Waals surface area contributed by atoms with Gasteiger partial charge in [0, 0.05) is 38.0 Å². The van der Waals surface area contributed by atoms with E-state index >= 15 is 0 Å². The molecule has 0 aliphatic carbocycles. The number of amidine groups is 1. The third-order valence-electron chi connectivity index (χ3n) is 4.78. The van der Waals surface area contributed by atoms with Gasteiger partial charge >= 0.3 is 0 Å². The Morgan fingerprint density at radius 3 is 2.39 bits per heavy atom. The number of rotatable bonds is 7. The van der Waals surface area contributed by atoms with Crippen LogP contribution in [0.1, 0.15) is 22.8 Å². The predicted octanol–water partition coefficient (Wildman–Crippen LogP) is 1.81. The molecule has 3 rings (SSSR count). The van der Waals surface area contributed by atoms with E-state index < -0.39 is 6.10 Å². The topological polar surface area (TPSA) is 101 Å². The Labute approximate surface area is 164 Å². The van der Waals surface area contributed by atoms with Crippen LogP contribution in [-0.2, 0) is 20.8 Å². The van der Waals surface area contributed by atoms with Crippen molar-refractivity contribution in [2.24, 2.45) is 5.73 Å². The molecule has 0 radical (unpaired) electrons. The molecule has 1 aliphatic rings. The lowest BCUT2D eigenvalue weighted by atomic mass is 10.1. The highest BCUT2D eigenvalue weighted by atomic mass is 16.5. The molecule has 1 amide bonds. The van der Waals surface area contributed by atoms with Gasteiger partial charge in [-0.2, -0.15) is 0 Å². The smallest absolute Gasteiger partial charge is 0.254 e.